The highest BCUT2D eigenvalue weighted by molar-refractivity contribution is 7.50. The quantitative estimate of drug-likeness (QED) is 0.396. The smallest absolute Gasteiger partial charge is 0.460 e. The molecule has 0 aromatic heterocycles. The van der Waals surface area contributed by atoms with Crippen LogP contribution in [0.4, 0.5) is 74.6 Å². The molecule has 0 bridgehead atoms. The summed E-state index contributed by atoms with van der Waals surface area (Å²) in [6.45, 7) is 0. The highest BCUT2D eigenvalue weighted by Gasteiger charge is 2.95. The summed E-state index contributed by atoms with van der Waals surface area (Å²) in [5.74, 6) is -52.1. The van der Waals surface area contributed by atoms with Crippen LogP contribution in [0.2, 0.25) is 0 Å². The van der Waals surface area contributed by atoms with Crippen LogP contribution in [-0.4, -0.2) is 47.4 Å². The molecule has 0 aromatic rings. The molecule has 0 radical (unpaired) electrons. The fourth-order valence-corrected chi connectivity index (χ4v) is 1.81. The Kier molecular flexibility index (Phi) is 6.25. The second-order valence-electron chi connectivity index (χ2n) is 4.98. The molecule has 176 valence electrons. The lowest BCUT2D eigenvalue weighted by molar-refractivity contribution is -0.461. The number of hydrogen-bond acceptors (Lipinski definition) is 3. The van der Waals surface area contributed by atoms with Gasteiger partial charge in [-0.15, -0.1) is 0 Å². The SMILES string of the molecule is O=P([O-])([O-])C(F)(F)C(F)(F)C(F)(F)C(F)(F)C(F)(F)C(F)(F)C(F)(F)C(F)(F)F. The van der Waals surface area contributed by atoms with Crippen LogP contribution in [0.15, 0.2) is 0 Å². The molecule has 0 aliphatic carbocycles. The van der Waals surface area contributed by atoms with E-state index < -0.39 is 55.0 Å². The van der Waals surface area contributed by atoms with Gasteiger partial charge in [0.05, 0.1) is 0 Å². The van der Waals surface area contributed by atoms with Gasteiger partial charge in [0.2, 0.25) is 0 Å². The first-order valence-electron chi connectivity index (χ1n) is 5.73. The van der Waals surface area contributed by atoms with Crippen LogP contribution in [0.5, 0.6) is 0 Å². The molecule has 21 heteroatoms. The van der Waals surface area contributed by atoms with E-state index in [1.54, 1.807) is 0 Å². The van der Waals surface area contributed by atoms with Gasteiger partial charge in [-0.1, -0.05) is 0 Å². The first-order valence-corrected chi connectivity index (χ1v) is 7.28. The van der Waals surface area contributed by atoms with Crippen LogP contribution in [0.3, 0.4) is 0 Å². The summed E-state index contributed by atoms with van der Waals surface area (Å²) < 4.78 is 224. The monoisotopic (exact) mass is 498 g/mol. The van der Waals surface area contributed by atoms with Crippen molar-refractivity contribution in [3.8, 4) is 0 Å². The van der Waals surface area contributed by atoms with Gasteiger partial charge < -0.3 is 14.4 Å². The summed E-state index contributed by atoms with van der Waals surface area (Å²) in [4.78, 5) is 19.7. The van der Waals surface area contributed by atoms with Gasteiger partial charge in [0.1, 0.15) is 0 Å². The van der Waals surface area contributed by atoms with E-state index in [0.29, 0.717) is 0 Å². The molecule has 0 saturated carbocycles. The summed E-state index contributed by atoms with van der Waals surface area (Å²) in [6, 6.07) is 0. The van der Waals surface area contributed by atoms with Crippen LogP contribution < -0.4 is 9.79 Å². The molecule has 0 unspecified atom stereocenters. The van der Waals surface area contributed by atoms with Crippen molar-refractivity contribution < 1.29 is 89.0 Å². The molecule has 0 rings (SSSR count). The van der Waals surface area contributed by atoms with Crippen molar-refractivity contribution in [3.63, 3.8) is 0 Å². The minimum atomic E-state index is -8.92. The molecule has 0 aliphatic heterocycles. The maximum absolute atomic E-state index is 13.0. The Morgan fingerprint density at radius 2 is 0.621 bits per heavy atom. The third-order valence-electron chi connectivity index (χ3n) is 3.05. The normalized spacial score (nSPS) is 16.9. The lowest BCUT2D eigenvalue weighted by Gasteiger charge is -2.46. The summed E-state index contributed by atoms with van der Waals surface area (Å²) in [5.41, 5.74) is -7.93. The van der Waals surface area contributed by atoms with Gasteiger partial charge in [0.15, 0.2) is 0 Å². The van der Waals surface area contributed by atoms with Gasteiger partial charge in [-0.05, 0) is 0 Å². The highest BCUT2D eigenvalue weighted by Crippen LogP contribution is 2.67. The standard InChI is InChI=1S/C8H2F17O3P/c9-1(10,3(13,14)5(17,18)7(21,22)23)2(11,12)4(15,16)6(19,20)8(24,25)29(26,27)28/h(H2,26,27,28)/p-2. The zero-order valence-electron chi connectivity index (χ0n) is 12.1. The molecule has 0 aliphatic rings. The van der Waals surface area contributed by atoms with Gasteiger partial charge >= 0.3 is 47.4 Å². The second-order valence-corrected chi connectivity index (χ2v) is 6.54. The molecule has 0 aromatic carbocycles. The average Bonchev–Trinajstić information content (AvgIpc) is 2.43. The topological polar surface area (TPSA) is 63.2 Å². The van der Waals surface area contributed by atoms with Gasteiger partial charge in [-0.2, -0.15) is 74.6 Å². The number of rotatable bonds is 7. The zero-order valence-corrected chi connectivity index (χ0v) is 13.0. The van der Waals surface area contributed by atoms with Crippen molar-refractivity contribution in [2.75, 3.05) is 0 Å². The van der Waals surface area contributed by atoms with E-state index in [9.17, 15) is 89.0 Å². The molecule has 0 saturated heterocycles. The summed E-state index contributed by atoms with van der Waals surface area (Å²) in [5, 5.41) is 0. The van der Waals surface area contributed by atoms with Crippen molar-refractivity contribution in [3.05, 3.63) is 0 Å². The second kappa shape index (κ2) is 6.48. The van der Waals surface area contributed by atoms with Gasteiger partial charge in [0.25, 0.3) is 0 Å². The lowest BCUT2D eigenvalue weighted by atomic mass is 9.91. The third kappa shape index (κ3) is 3.34. The van der Waals surface area contributed by atoms with E-state index in [1.807, 2.05) is 0 Å². The van der Waals surface area contributed by atoms with E-state index in [2.05, 4.69) is 0 Å². The van der Waals surface area contributed by atoms with E-state index in [1.165, 1.54) is 0 Å². The summed E-state index contributed by atoms with van der Waals surface area (Å²) in [7, 11) is -8.47. The Morgan fingerprint density at radius 1 is 0.414 bits per heavy atom. The van der Waals surface area contributed by atoms with Gasteiger partial charge in [-0.3, -0.25) is 0 Å². The molecule has 29 heavy (non-hydrogen) atoms. The zero-order chi connectivity index (χ0) is 24.5. The molecule has 0 N–H and O–H groups in total. The third-order valence-corrected chi connectivity index (χ3v) is 4.02. The van der Waals surface area contributed by atoms with Crippen LogP contribution in [-0.2, 0) is 4.57 Å². The summed E-state index contributed by atoms with van der Waals surface area (Å²) in [6.07, 6.45) is -7.89. The molecule has 0 fully saturated rings. The average molecular weight is 498 g/mol. The van der Waals surface area contributed by atoms with Crippen LogP contribution >= 0.6 is 7.60 Å². The van der Waals surface area contributed by atoms with Crippen molar-refractivity contribution in [2.24, 2.45) is 0 Å². The summed E-state index contributed by atoms with van der Waals surface area (Å²) >= 11 is 0. The van der Waals surface area contributed by atoms with Crippen molar-refractivity contribution in [2.45, 2.75) is 47.4 Å². The maximum atomic E-state index is 13.0. The van der Waals surface area contributed by atoms with E-state index in [0.717, 1.165) is 0 Å². The number of alkyl halides is 17. The first-order chi connectivity index (χ1) is 12.0. The van der Waals surface area contributed by atoms with Crippen LogP contribution in [0.1, 0.15) is 0 Å². The largest absolute Gasteiger partial charge is 0.806 e. The molecular weight excluding hydrogens is 498 g/mol. The minimum absolute atomic E-state index is 7.89. The van der Waals surface area contributed by atoms with Crippen LogP contribution in [0, 0.1) is 0 Å². The fourth-order valence-electron chi connectivity index (χ4n) is 1.33. The molecular formula is C8F17O3P-2. The molecule has 0 heterocycles. The van der Waals surface area contributed by atoms with Crippen molar-refractivity contribution >= 4 is 7.60 Å². The molecule has 0 atom stereocenters. The minimum Gasteiger partial charge on any atom is -0.806 e. The predicted molar refractivity (Wildman–Crippen MR) is 48.3 cm³/mol. The van der Waals surface area contributed by atoms with E-state index >= 15 is 0 Å². The van der Waals surface area contributed by atoms with Crippen molar-refractivity contribution in [1.29, 1.82) is 0 Å². The molecule has 0 amide bonds. The maximum Gasteiger partial charge on any atom is 0.460 e. The van der Waals surface area contributed by atoms with Gasteiger partial charge in [-0.25, -0.2) is 0 Å². The first kappa shape index (κ1) is 28.0. The number of halogens is 17. The number of hydrogen-bond donors (Lipinski definition) is 0. The Balaban J connectivity index is 6.86. The fraction of sp³-hybridized carbons (Fsp3) is 1.00. The molecule has 0 spiro atoms. The van der Waals surface area contributed by atoms with Gasteiger partial charge in [0, 0.05) is 7.60 Å². The highest BCUT2D eigenvalue weighted by atomic mass is 31.2. The Labute approximate surface area is 145 Å². The van der Waals surface area contributed by atoms with E-state index in [4.69, 9.17) is 0 Å². The Bertz CT molecular complexity index is 673. The van der Waals surface area contributed by atoms with E-state index in [-0.39, 0.29) is 0 Å². The predicted octanol–water partition coefficient (Wildman–Crippen LogP) is 3.87. The lowest BCUT2D eigenvalue weighted by Crippen LogP contribution is -2.74. The van der Waals surface area contributed by atoms with Crippen molar-refractivity contribution in [1.82, 2.24) is 0 Å². The molecule has 3 nitrogen and oxygen atoms in total. The Hall–Kier alpha value is -1.04. The van der Waals surface area contributed by atoms with Crippen LogP contribution in [0.25, 0.3) is 0 Å². The Morgan fingerprint density at radius 3 is 0.828 bits per heavy atom.